The number of para-hydroxylation sites is 1. The third-order valence-corrected chi connectivity index (χ3v) is 3.49. The van der Waals surface area contributed by atoms with Crippen molar-refractivity contribution in [2.24, 2.45) is 0 Å². The van der Waals surface area contributed by atoms with Crippen LogP contribution >= 0.6 is 0 Å². The number of H-pyrrole nitrogens is 1. The summed E-state index contributed by atoms with van der Waals surface area (Å²) in [5, 5.41) is 0. The van der Waals surface area contributed by atoms with Gasteiger partial charge in [-0.1, -0.05) is 18.2 Å². The summed E-state index contributed by atoms with van der Waals surface area (Å²) in [5.41, 5.74) is -6.70. The number of alkyl halides is 3. The number of anilines is 1. The molecule has 2 rings (SSSR count). The van der Waals surface area contributed by atoms with Crippen LogP contribution < -0.4 is 15.0 Å². The van der Waals surface area contributed by atoms with E-state index < -0.39 is 32.7 Å². The fourth-order valence-corrected chi connectivity index (χ4v) is 1.99. The third kappa shape index (κ3) is 3.58. The van der Waals surface area contributed by atoms with Crippen LogP contribution in [0, 0.1) is 0 Å². The van der Waals surface area contributed by atoms with Crippen LogP contribution in [0.25, 0.3) is 0 Å². The molecule has 0 spiro atoms. The van der Waals surface area contributed by atoms with Gasteiger partial charge in [-0.2, -0.15) is 21.6 Å². The lowest BCUT2D eigenvalue weighted by molar-refractivity contribution is -0.0429. The van der Waals surface area contributed by atoms with Gasteiger partial charge in [0.25, 0.3) is 5.56 Å². The summed E-state index contributed by atoms with van der Waals surface area (Å²) in [5.74, 6) is -0.247. The minimum absolute atomic E-state index is 0.205. The molecule has 1 heterocycles. The van der Waals surface area contributed by atoms with Gasteiger partial charge in [-0.3, -0.25) is 14.5 Å². The molecular weight excluding hydrogens is 325 g/mol. The predicted molar refractivity (Wildman–Crippen MR) is 72.2 cm³/mol. The normalized spacial score (nSPS) is 12.0. The summed E-state index contributed by atoms with van der Waals surface area (Å²) in [6.07, 6.45) is 0. The van der Waals surface area contributed by atoms with E-state index in [0.717, 1.165) is 12.1 Å². The number of ether oxygens (including phenoxy) is 1. The van der Waals surface area contributed by atoms with Crippen LogP contribution in [0.2, 0.25) is 0 Å². The summed E-state index contributed by atoms with van der Waals surface area (Å²) in [6.45, 7) is 0. The van der Waals surface area contributed by atoms with Gasteiger partial charge in [0, 0.05) is 6.07 Å². The van der Waals surface area contributed by atoms with Crippen molar-refractivity contribution in [1.29, 1.82) is 0 Å². The zero-order valence-corrected chi connectivity index (χ0v) is 11.5. The molecule has 0 saturated carbocycles. The molecule has 22 heavy (non-hydrogen) atoms. The van der Waals surface area contributed by atoms with E-state index in [1.165, 1.54) is 16.9 Å². The molecule has 6 nitrogen and oxygen atoms in total. The summed E-state index contributed by atoms with van der Waals surface area (Å²) >= 11 is 0. The molecule has 0 radical (unpaired) electrons. The van der Waals surface area contributed by atoms with E-state index in [-0.39, 0.29) is 5.75 Å². The maximum atomic E-state index is 12.4. The Labute approximate surface area is 122 Å². The second-order valence-corrected chi connectivity index (χ2v) is 5.71. The van der Waals surface area contributed by atoms with Crippen molar-refractivity contribution < 1.29 is 26.3 Å². The van der Waals surface area contributed by atoms with Gasteiger partial charge in [-0.25, -0.2) is 0 Å². The summed E-state index contributed by atoms with van der Waals surface area (Å²) < 4.78 is 66.0. The van der Waals surface area contributed by atoms with Crippen molar-refractivity contribution in [2.75, 3.05) is 4.72 Å². The molecule has 10 heteroatoms. The number of benzene rings is 1. The second kappa shape index (κ2) is 5.72. The fourth-order valence-electron chi connectivity index (χ4n) is 1.43. The molecule has 0 saturated heterocycles. The standard InChI is InChI=1S/C12H9F3N2O4S/c13-12(14,15)22(19,20)17-9-6-7-10(18)16-11(9)21-8-4-2-1-3-5-8/h1-7,17H,(H,16,18). The zero-order chi connectivity index (χ0) is 16.4. The first kappa shape index (κ1) is 15.9. The molecule has 2 aromatic rings. The lowest BCUT2D eigenvalue weighted by atomic mass is 10.3. The van der Waals surface area contributed by atoms with Crippen LogP contribution in [0.5, 0.6) is 11.6 Å². The molecule has 0 aliphatic rings. The number of hydrogen-bond donors (Lipinski definition) is 2. The lowest BCUT2D eigenvalue weighted by Gasteiger charge is -2.14. The van der Waals surface area contributed by atoms with Crippen molar-refractivity contribution >= 4 is 15.7 Å². The maximum absolute atomic E-state index is 12.4. The van der Waals surface area contributed by atoms with Gasteiger partial charge in [0.15, 0.2) is 0 Å². The van der Waals surface area contributed by atoms with Crippen LogP contribution in [0.3, 0.4) is 0 Å². The number of sulfonamides is 1. The Morgan fingerprint density at radius 1 is 1.05 bits per heavy atom. The van der Waals surface area contributed by atoms with Gasteiger partial charge in [0.05, 0.1) is 0 Å². The molecule has 118 valence electrons. The molecule has 0 amide bonds. The average Bonchev–Trinajstić information content (AvgIpc) is 2.41. The second-order valence-electron chi connectivity index (χ2n) is 4.03. The monoisotopic (exact) mass is 334 g/mol. The van der Waals surface area contributed by atoms with Gasteiger partial charge >= 0.3 is 15.5 Å². The number of rotatable bonds is 4. The smallest absolute Gasteiger partial charge is 0.439 e. The molecule has 0 unspecified atom stereocenters. The molecular formula is C12H9F3N2O4S. The predicted octanol–water partition coefficient (Wildman–Crippen LogP) is 2.43. The van der Waals surface area contributed by atoms with Crippen molar-refractivity contribution in [3.8, 4) is 11.6 Å². The van der Waals surface area contributed by atoms with Crippen LogP contribution in [0.4, 0.5) is 18.9 Å². The SMILES string of the molecule is O=c1ccc(NS(=O)(=O)C(F)(F)F)c(Oc2ccccc2)[nH]1. The van der Waals surface area contributed by atoms with E-state index in [1.807, 2.05) is 0 Å². The average molecular weight is 334 g/mol. The third-order valence-electron chi connectivity index (χ3n) is 2.39. The summed E-state index contributed by atoms with van der Waals surface area (Å²) in [7, 11) is -5.63. The highest BCUT2D eigenvalue weighted by molar-refractivity contribution is 7.93. The zero-order valence-electron chi connectivity index (χ0n) is 10.7. The number of pyridine rings is 1. The van der Waals surface area contributed by atoms with E-state index >= 15 is 0 Å². The molecule has 0 bridgehead atoms. The Bertz CT molecular complexity index is 816. The van der Waals surface area contributed by atoms with E-state index in [1.54, 1.807) is 18.2 Å². The molecule has 0 aliphatic heterocycles. The minimum Gasteiger partial charge on any atom is -0.439 e. The van der Waals surface area contributed by atoms with E-state index in [0.29, 0.717) is 0 Å². The molecule has 1 aromatic heterocycles. The quantitative estimate of drug-likeness (QED) is 0.899. The number of nitrogens with one attached hydrogen (secondary N) is 2. The molecule has 1 aromatic carbocycles. The highest BCUT2D eigenvalue weighted by atomic mass is 32.2. The topological polar surface area (TPSA) is 88.3 Å². The van der Waals surface area contributed by atoms with Crippen LogP contribution in [-0.4, -0.2) is 18.9 Å². The molecule has 0 atom stereocenters. The van der Waals surface area contributed by atoms with E-state index in [4.69, 9.17) is 4.74 Å². The molecule has 0 aliphatic carbocycles. The van der Waals surface area contributed by atoms with Gasteiger partial charge in [0.2, 0.25) is 5.88 Å². The lowest BCUT2D eigenvalue weighted by Crippen LogP contribution is -2.30. The number of halogens is 3. The first-order chi connectivity index (χ1) is 10.2. The van der Waals surface area contributed by atoms with Crippen LogP contribution in [0.15, 0.2) is 47.3 Å². The largest absolute Gasteiger partial charge is 0.516 e. The van der Waals surface area contributed by atoms with Gasteiger partial charge in [-0.15, -0.1) is 0 Å². The molecule has 2 N–H and O–H groups in total. The van der Waals surface area contributed by atoms with Crippen molar-refractivity contribution in [3.63, 3.8) is 0 Å². The molecule has 0 fully saturated rings. The Balaban J connectivity index is 2.39. The van der Waals surface area contributed by atoms with Gasteiger partial charge in [0.1, 0.15) is 11.4 Å². The number of aromatic nitrogens is 1. The Kier molecular flexibility index (Phi) is 4.13. The van der Waals surface area contributed by atoms with Crippen LogP contribution in [-0.2, 0) is 10.0 Å². The van der Waals surface area contributed by atoms with Crippen molar-refractivity contribution in [1.82, 2.24) is 4.98 Å². The summed E-state index contributed by atoms with van der Waals surface area (Å²) in [4.78, 5) is 13.4. The number of aromatic amines is 1. The highest BCUT2D eigenvalue weighted by Crippen LogP contribution is 2.30. The Morgan fingerprint density at radius 3 is 2.27 bits per heavy atom. The maximum Gasteiger partial charge on any atom is 0.516 e. The Hall–Kier alpha value is -2.49. The Morgan fingerprint density at radius 2 is 1.68 bits per heavy atom. The summed E-state index contributed by atoms with van der Waals surface area (Å²) in [6, 6.07) is 9.56. The van der Waals surface area contributed by atoms with E-state index in [2.05, 4.69) is 4.98 Å². The fraction of sp³-hybridized carbons (Fsp3) is 0.0833. The first-order valence-electron chi connectivity index (χ1n) is 5.74. The van der Waals surface area contributed by atoms with Crippen LogP contribution in [0.1, 0.15) is 0 Å². The van der Waals surface area contributed by atoms with Crippen molar-refractivity contribution in [3.05, 3.63) is 52.8 Å². The van der Waals surface area contributed by atoms with E-state index in [9.17, 15) is 26.4 Å². The minimum atomic E-state index is -5.63. The first-order valence-corrected chi connectivity index (χ1v) is 7.23. The highest BCUT2D eigenvalue weighted by Gasteiger charge is 2.46. The van der Waals surface area contributed by atoms with Gasteiger partial charge < -0.3 is 4.74 Å². The van der Waals surface area contributed by atoms with Gasteiger partial charge in [-0.05, 0) is 18.2 Å². The van der Waals surface area contributed by atoms with Crippen molar-refractivity contribution in [2.45, 2.75) is 5.51 Å². The number of hydrogen-bond acceptors (Lipinski definition) is 4.